The third-order valence-corrected chi connectivity index (χ3v) is 4.04. The molecule has 0 aliphatic rings. The van der Waals surface area contributed by atoms with E-state index in [1.807, 2.05) is 31.2 Å². The van der Waals surface area contributed by atoms with Gasteiger partial charge >= 0.3 is 0 Å². The summed E-state index contributed by atoms with van der Waals surface area (Å²) < 4.78 is 0. The first-order valence-electron chi connectivity index (χ1n) is 6.37. The number of benzene rings is 1. The van der Waals surface area contributed by atoms with Gasteiger partial charge in [-0.15, -0.1) is 11.8 Å². The molecule has 0 saturated carbocycles. The number of rotatable bonds is 5. The Morgan fingerprint density at radius 2 is 2.05 bits per heavy atom. The Morgan fingerprint density at radius 1 is 1.25 bits per heavy atom. The van der Waals surface area contributed by atoms with E-state index in [0.29, 0.717) is 18.6 Å². The Labute approximate surface area is 122 Å². The molecular formula is C15H14N4S. The molecule has 20 heavy (non-hydrogen) atoms. The highest BCUT2D eigenvalue weighted by molar-refractivity contribution is 7.99. The zero-order valence-corrected chi connectivity index (χ0v) is 12.0. The second-order valence-corrected chi connectivity index (χ2v) is 5.44. The van der Waals surface area contributed by atoms with Crippen molar-refractivity contribution in [2.24, 2.45) is 5.92 Å². The third kappa shape index (κ3) is 3.46. The van der Waals surface area contributed by atoms with Crippen LogP contribution in [0.5, 0.6) is 0 Å². The molecule has 100 valence electrons. The fraction of sp³-hybridized carbons (Fsp3) is 0.333. The maximum atomic E-state index is 9.09. The average Bonchev–Trinajstić information content (AvgIpc) is 2.47. The number of nitriles is 2. The predicted octanol–water partition coefficient (Wildman–Crippen LogP) is 3.47. The van der Waals surface area contributed by atoms with Crippen molar-refractivity contribution in [2.75, 3.05) is 5.75 Å². The maximum absolute atomic E-state index is 9.09. The molecule has 5 heteroatoms. The molecule has 1 aromatic carbocycles. The molecule has 0 saturated heterocycles. The molecule has 1 atom stereocenters. The van der Waals surface area contributed by atoms with Crippen LogP contribution < -0.4 is 0 Å². The van der Waals surface area contributed by atoms with E-state index in [1.54, 1.807) is 11.8 Å². The molecule has 0 amide bonds. The summed E-state index contributed by atoms with van der Waals surface area (Å²) in [6.45, 7) is 1.87. The number of fused-ring (bicyclic) bond motifs is 1. The Kier molecular flexibility index (Phi) is 4.92. The van der Waals surface area contributed by atoms with Crippen LogP contribution in [0.2, 0.25) is 0 Å². The smallest absolute Gasteiger partial charge is 0.127 e. The monoisotopic (exact) mass is 282 g/mol. The van der Waals surface area contributed by atoms with E-state index in [-0.39, 0.29) is 5.92 Å². The minimum atomic E-state index is -0.117. The van der Waals surface area contributed by atoms with Gasteiger partial charge in [-0.05, 0) is 19.4 Å². The molecular weight excluding hydrogens is 268 g/mol. The van der Waals surface area contributed by atoms with Gasteiger partial charge in [0.25, 0.3) is 0 Å². The standard InChI is InChI=1S/C15H14N4S/c1-11-18-14-7-3-2-6-13(14)15(19-11)20-10-12(9-17)5-4-8-16/h2-3,6-7,12H,4-5,10H2,1H3/t12-/m0/s1. The molecule has 0 unspecified atom stereocenters. The van der Waals surface area contributed by atoms with Crippen LogP contribution in [0.15, 0.2) is 29.3 Å². The highest BCUT2D eigenvalue weighted by atomic mass is 32.2. The molecule has 0 aliphatic heterocycles. The minimum absolute atomic E-state index is 0.117. The van der Waals surface area contributed by atoms with E-state index in [9.17, 15) is 0 Å². The Hall–Kier alpha value is -2.11. The van der Waals surface area contributed by atoms with Gasteiger partial charge in [-0.1, -0.05) is 18.2 Å². The molecule has 4 nitrogen and oxygen atoms in total. The Balaban J connectivity index is 2.17. The second-order valence-electron chi connectivity index (χ2n) is 4.43. The van der Waals surface area contributed by atoms with Gasteiger partial charge < -0.3 is 0 Å². The van der Waals surface area contributed by atoms with Gasteiger partial charge in [0.2, 0.25) is 0 Å². The van der Waals surface area contributed by atoms with E-state index in [1.165, 1.54) is 0 Å². The summed E-state index contributed by atoms with van der Waals surface area (Å²) in [5, 5.41) is 19.6. The summed E-state index contributed by atoms with van der Waals surface area (Å²) in [5.41, 5.74) is 0.924. The number of hydrogen-bond donors (Lipinski definition) is 0. The van der Waals surface area contributed by atoms with Gasteiger partial charge in [0.1, 0.15) is 10.9 Å². The largest absolute Gasteiger partial charge is 0.233 e. The summed E-state index contributed by atoms with van der Waals surface area (Å²) in [6, 6.07) is 12.2. The summed E-state index contributed by atoms with van der Waals surface area (Å²) in [7, 11) is 0. The summed E-state index contributed by atoms with van der Waals surface area (Å²) in [6.07, 6.45) is 1.03. The van der Waals surface area contributed by atoms with E-state index < -0.39 is 0 Å². The summed E-state index contributed by atoms with van der Waals surface area (Å²) in [4.78, 5) is 8.87. The molecule has 0 N–H and O–H groups in total. The van der Waals surface area contributed by atoms with Crippen molar-refractivity contribution in [1.29, 1.82) is 10.5 Å². The van der Waals surface area contributed by atoms with Crippen molar-refractivity contribution in [1.82, 2.24) is 9.97 Å². The lowest BCUT2D eigenvalue weighted by molar-refractivity contribution is 0.685. The number of aromatic nitrogens is 2. The molecule has 0 radical (unpaired) electrons. The first-order valence-corrected chi connectivity index (χ1v) is 7.36. The van der Waals surface area contributed by atoms with Crippen molar-refractivity contribution in [3.63, 3.8) is 0 Å². The van der Waals surface area contributed by atoms with Gasteiger partial charge in [0.15, 0.2) is 0 Å². The van der Waals surface area contributed by atoms with Crippen LogP contribution in [0.25, 0.3) is 10.9 Å². The molecule has 0 bridgehead atoms. The summed E-state index contributed by atoms with van der Waals surface area (Å²) in [5.74, 6) is 1.27. The van der Waals surface area contributed by atoms with Crippen molar-refractivity contribution < 1.29 is 0 Å². The second kappa shape index (κ2) is 6.88. The fourth-order valence-corrected chi connectivity index (χ4v) is 3.00. The van der Waals surface area contributed by atoms with Crippen molar-refractivity contribution in [3.05, 3.63) is 30.1 Å². The van der Waals surface area contributed by atoms with Gasteiger partial charge in [-0.2, -0.15) is 10.5 Å². The SMILES string of the molecule is Cc1nc(SC[C@H](C#N)CCC#N)c2ccccc2n1. The van der Waals surface area contributed by atoms with Crippen LogP contribution in [0.3, 0.4) is 0 Å². The van der Waals surface area contributed by atoms with E-state index in [4.69, 9.17) is 10.5 Å². The molecule has 1 heterocycles. The van der Waals surface area contributed by atoms with Gasteiger partial charge in [-0.25, -0.2) is 9.97 Å². The quantitative estimate of drug-likeness (QED) is 0.620. The topological polar surface area (TPSA) is 73.4 Å². The highest BCUT2D eigenvalue weighted by Crippen LogP contribution is 2.27. The van der Waals surface area contributed by atoms with Crippen molar-refractivity contribution in [3.8, 4) is 12.1 Å². The molecule has 0 aliphatic carbocycles. The molecule has 1 aromatic heterocycles. The lowest BCUT2D eigenvalue weighted by atomic mass is 10.1. The minimum Gasteiger partial charge on any atom is -0.233 e. The predicted molar refractivity (Wildman–Crippen MR) is 78.9 cm³/mol. The molecule has 2 aromatic rings. The van der Waals surface area contributed by atoms with Crippen LogP contribution in [0.1, 0.15) is 18.7 Å². The number of thioether (sulfide) groups is 1. The first kappa shape index (κ1) is 14.3. The fourth-order valence-electron chi connectivity index (χ4n) is 1.87. The summed E-state index contributed by atoms with van der Waals surface area (Å²) >= 11 is 1.56. The number of nitrogens with zero attached hydrogens (tertiary/aromatic N) is 4. The van der Waals surface area contributed by atoms with Gasteiger partial charge in [0.05, 0.1) is 23.6 Å². The molecule has 2 rings (SSSR count). The lowest BCUT2D eigenvalue weighted by Gasteiger charge is -2.09. The van der Waals surface area contributed by atoms with E-state index >= 15 is 0 Å². The van der Waals surface area contributed by atoms with Crippen LogP contribution in [-0.4, -0.2) is 15.7 Å². The lowest BCUT2D eigenvalue weighted by Crippen LogP contribution is -2.01. The molecule has 0 spiro atoms. The van der Waals surface area contributed by atoms with Gasteiger partial charge in [-0.3, -0.25) is 0 Å². The van der Waals surface area contributed by atoms with Crippen LogP contribution >= 0.6 is 11.8 Å². The van der Waals surface area contributed by atoms with Crippen molar-refractivity contribution >= 4 is 22.7 Å². The number of hydrogen-bond acceptors (Lipinski definition) is 5. The Bertz CT molecular complexity index is 684. The Morgan fingerprint density at radius 3 is 2.80 bits per heavy atom. The van der Waals surface area contributed by atoms with Crippen LogP contribution in [0.4, 0.5) is 0 Å². The zero-order valence-electron chi connectivity index (χ0n) is 11.2. The van der Waals surface area contributed by atoms with Crippen LogP contribution in [-0.2, 0) is 0 Å². The van der Waals surface area contributed by atoms with E-state index in [2.05, 4.69) is 22.1 Å². The normalized spacial score (nSPS) is 11.8. The molecule has 0 fully saturated rings. The zero-order chi connectivity index (χ0) is 14.4. The van der Waals surface area contributed by atoms with Gasteiger partial charge in [0, 0.05) is 17.6 Å². The highest BCUT2D eigenvalue weighted by Gasteiger charge is 2.11. The van der Waals surface area contributed by atoms with Crippen molar-refractivity contribution in [2.45, 2.75) is 24.8 Å². The maximum Gasteiger partial charge on any atom is 0.127 e. The number of para-hydroxylation sites is 1. The third-order valence-electron chi connectivity index (χ3n) is 2.89. The average molecular weight is 282 g/mol. The van der Waals surface area contributed by atoms with E-state index in [0.717, 1.165) is 21.8 Å². The first-order chi connectivity index (χ1) is 9.74. The van der Waals surface area contributed by atoms with Crippen LogP contribution in [0, 0.1) is 35.5 Å². The number of aryl methyl sites for hydroxylation is 1.